The minimum atomic E-state index is -1.17. The summed E-state index contributed by atoms with van der Waals surface area (Å²) < 4.78 is 10.5. The average molecular weight is 288 g/mol. The second-order valence-corrected chi connectivity index (χ2v) is 4.64. The molecule has 3 rings (SSSR count). The van der Waals surface area contributed by atoms with E-state index in [1.165, 1.54) is 11.0 Å². The van der Waals surface area contributed by atoms with E-state index in [-0.39, 0.29) is 18.1 Å². The molecule has 1 aliphatic rings. The van der Waals surface area contributed by atoms with Crippen LogP contribution in [0.4, 0.5) is 5.69 Å². The standard InChI is InChI=1S/C14H12N2O5/c1-8-13(17)16(11-4-2-3-5-12(11)20-8)7-9-6-10(14(18)19)15-21-9/h2-6,8H,7H2,1H3,(H,18,19). The number of amides is 1. The highest BCUT2D eigenvalue weighted by Crippen LogP contribution is 2.34. The Labute approximate surface area is 119 Å². The van der Waals surface area contributed by atoms with Gasteiger partial charge in [0.15, 0.2) is 17.6 Å². The summed E-state index contributed by atoms with van der Waals surface area (Å²) in [6, 6.07) is 8.44. The Kier molecular flexibility index (Phi) is 3.09. The maximum absolute atomic E-state index is 12.3. The lowest BCUT2D eigenvalue weighted by molar-refractivity contribution is -0.125. The molecule has 1 aromatic heterocycles. The van der Waals surface area contributed by atoms with Crippen LogP contribution in [0.15, 0.2) is 34.9 Å². The highest BCUT2D eigenvalue weighted by atomic mass is 16.5. The summed E-state index contributed by atoms with van der Waals surface area (Å²) in [6.07, 6.45) is -0.609. The van der Waals surface area contributed by atoms with Crippen molar-refractivity contribution in [1.82, 2.24) is 5.16 Å². The van der Waals surface area contributed by atoms with Gasteiger partial charge < -0.3 is 14.4 Å². The van der Waals surface area contributed by atoms with E-state index in [1.54, 1.807) is 25.1 Å². The van der Waals surface area contributed by atoms with Crippen molar-refractivity contribution in [3.05, 3.63) is 41.8 Å². The zero-order valence-electron chi connectivity index (χ0n) is 11.1. The summed E-state index contributed by atoms with van der Waals surface area (Å²) in [5, 5.41) is 12.3. The zero-order chi connectivity index (χ0) is 15.0. The molecule has 2 aromatic rings. The van der Waals surface area contributed by atoms with E-state index in [0.29, 0.717) is 17.2 Å². The van der Waals surface area contributed by atoms with Gasteiger partial charge in [-0.1, -0.05) is 17.3 Å². The van der Waals surface area contributed by atoms with Crippen LogP contribution in [0.1, 0.15) is 23.2 Å². The van der Waals surface area contributed by atoms with E-state index in [0.717, 1.165) is 0 Å². The number of carbonyl (C=O) groups excluding carboxylic acids is 1. The van der Waals surface area contributed by atoms with E-state index in [4.69, 9.17) is 14.4 Å². The maximum Gasteiger partial charge on any atom is 0.358 e. The van der Waals surface area contributed by atoms with Gasteiger partial charge >= 0.3 is 5.97 Å². The number of nitrogens with zero attached hydrogens (tertiary/aromatic N) is 2. The van der Waals surface area contributed by atoms with Crippen LogP contribution in [0.3, 0.4) is 0 Å². The summed E-state index contributed by atoms with van der Waals surface area (Å²) in [5.74, 6) is -0.499. The fraction of sp³-hybridized carbons (Fsp3) is 0.214. The molecule has 0 saturated heterocycles. The van der Waals surface area contributed by atoms with Gasteiger partial charge in [0.05, 0.1) is 12.2 Å². The summed E-state index contributed by atoms with van der Waals surface area (Å²) in [5.41, 5.74) is 0.431. The van der Waals surface area contributed by atoms with Crippen LogP contribution in [0.25, 0.3) is 0 Å². The van der Waals surface area contributed by atoms with Crippen molar-refractivity contribution in [2.24, 2.45) is 0 Å². The Hall–Kier alpha value is -2.83. The quantitative estimate of drug-likeness (QED) is 0.923. The molecular formula is C14H12N2O5. The van der Waals surface area contributed by atoms with Gasteiger partial charge in [-0.15, -0.1) is 0 Å². The van der Waals surface area contributed by atoms with E-state index in [1.807, 2.05) is 6.07 Å². The molecular weight excluding hydrogens is 276 g/mol. The van der Waals surface area contributed by atoms with E-state index in [9.17, 15) is 9.59 Å². The summed E-state index contributed by atoms with van der Waals surface area (Å²) in [6.45, 7) is 1.76. The van der Waals surface area contributed by atoms with Crippen LogP contribution >= 0.6 is 0 Å². The highest BCUT2D eigenvalue weighted by Gasteiger charge is 2.32. The van der Waals surface area contributed by atoms with Crippen LogP contribution in [-0.2, 0) is 11.3 Å². The third kappa shape index (κ3) is 2.33. The second kappa shape index (κ2) is 4.93. The molecule has 0 aliphatic carbocycles. The van der Waals surface area contributed by atoms with Gasteiger partial charge in [0.1, 0.15) is 5.75 Å². The lowest BCUT2D eigenvalue weighted by atomic mass is 10.2. The van der Waals surface area contributed by atoms with Crippen molar-refractivity contribution in [3.8, 4) is 5.75 Å². The first-order chi connectivity index (χ1) is 10.1. The molecule has 21 heavy (non-hydrogen) atoms. The Morgan fingerprint density at radius 2 is 2.19 bits per heavy atom. The van der Waals surface area contributed by atoms with Crippen LogP contribution in [-0.4, -0.2) is 28.2 Å². The summed E-state index contributed by atoms with van der Waals surface area (Å²) >= 11 is 0. The van der Waals surface area contributed by atoms with Gasteiger partial charge in [-0.3, -0.25) is 9.69 Å². The number of carbonyl (C=O) groups is 2. The Bertz CT molecular complexity index is 709. The largest absolute Gasteiger partial charge is 0.479 e. The molecule has 1 aliphatic heterocycles. The lowest BCUT2D eigenvalue weighted by Gasteiger charge is -2.32. The third-order valence-electron chi connectivity index (χ3n) is 3.17. The average Bonchev–Trinajstić information content (AvgIpc) is 2.93. The molecule has 2 heterocycles. The molecule has 1 amide bonds. The molecule has 1 aromatic carbocycles. The number of hydrogen-bond acceptors (Lipinski definition) is 5. The third-order valence-corrected chi connectivity index (χ3v) is 3.17. The van der Waals surface area contributed by atoms with Crippen LogP contribution in [0.5, 0.6) is 5.75 Å². The molecule has 7 heteroatoms. The number of ether oxygens (including phenoxy) is 1. The molecule has 0 saturated carbocycles. The monoisotopic (exact) mass is 288 g/mol. The summed E-state index contributed by atoms with van der Waals surface area (Å²) in [4.78, 5) is 24.5. The Morgan fingerprint density at radius 3 is 2.90 bits per heavy atom. The molecule has 1 N–H and O–H groups in total. The number of benzene rings is 1. The van der Waals surface area contributed by atoms with Crippen molar-refractivity contribution >= 4 is 17.6 Å². The van der Waals surface area contributed by atoms with Crippen molar-refractivity contribution in [3.63, 3.8) is 0 Å². The first-order valence-corrected chi connectivity index (χ1v) is 6.32. The van der Waals surface area contributed by atoms with Crippen LogP contribution < -0.4 is 9.64 Å². The predicted octanol–water partition coefficient (Wildman–Crippen LogP) is 1.69. The van der Waals surface area contributed by atoms with Gasteiger partial charge in [0, 0.05) is 6.07 Å². The fourth-order valence-corrected chi connectivity index (χ4v) is 2.17. The number of aromatic carboxylic acids is 1. The number of anilines is 1. The van der Waals surface area contributed by atoms with Crippen molar-refractivity contribution in [2.45, 2.75) is 19.6 Å². The van der Waals surface area contributed by atoms with Crippen molar-refractivity contribution in [1.29, 1.82) is 0 Å². The fourth-order valence-electron chi connectivity index (χ4n) is 2.17. The van der Waals surface area contributed by atoms with Gasteiger partial charge in [-0.05, 0) is 19.1 Å². The Morgan fingerprint density at radius 1 is 1.43 bits per heavy atom. The molecule has 0 fully saturated rings. The molecule has 1 unspecified atom stereocenters. The number of rotatable bonds is 3. The first-order valence-electron chi connectivity index (χ1n) is 6.32. The topological polar surface area (TPSA) is 92.9 Å². The van der Waals surface area contributed by atoms with Crippen LogP contribution in [0, 0.1) is 0 Å². The maximum atomic E-state index is 12.3. The van der Waals surface area contributed by atoms with Crippen molar-refractivity contribution in [2.75, 3.05) is 4.90 Å². The minimum absolute atomic E-state index is 0.101. The Balaban J connectivity index is 1.92. The van der Waals surface area contributed by atoms with Gasteiger partial charge in [0.2, 0.25) is 0 Å². The lowest BCUT2D eigenvalue weighted by Crippen LogP contribution is -2.43. The molecule has 1 atom stereocenters. The zero-order valence-corrected chi connectivity index (χ0v) is 11.1. The normalized spacial score (nSPS) is 17.3. The van der Waals surface area contributed by atoms with E-state index >= 15 is 0 Å². The van der Waals surface area contributed by atoms with Gasteiger partial charge in [-0.2, -0.15) is 0 Å². The van der Waals surface area contributed by atoms with Gasteiger partial charge in [-0.25, -0.2) is 4.79 Å². The number of fused-ring (bicyclic) bond motifs is 1. The van der Waals surface area contributed by atoms with E-state index in [2.05, 4.69) is 5.16 Å². The minimum Gasteiger partial charge on any atom is -0.479 e. The van der Waals surface area contributed by atoms with Crippen LogP contribution in [0.2, 0.25) is 0 Å². The molecule has 108 valence electrons. The SMILES string of the molecule is CC1Oc2ccccc2N(Cc2cc(C(=O)O)no2)C1=O. The second-order valence-electron chi connectivity index (χ2n) is 4.64. The molecule has 0 bridgehead atoms. The first kappa shape index (κ1) is 13.2. The van der Waals surface area contributed by atoms with Gasteiger partial charge in [0.25, 0.3) is 5.91 Å². The smallest absolute Gasteiger partial charge is 0.358 e. The number of hydrogen-bond donors (Lipinski definition) is 1. The number of carboxylic acids is 1. The highest BCUT2D eigenvalue weighted by molar-refractivity contribution is 5.99. The van der Waals surface area contributed by atoms with E-state index < -0.39 is 12.1 Å². The molecule has 0 radical (unpaired) electrons. The molecule has 0 spiro atoms. The predicted molar refractivity (Wildman–Crippen MR) is 71.2 cm³/mol. The summed E-state index contributed by atoms with van der Waals surface area (Å²) in [7, 11) is 0. The number of carboxylic acid groups (broad SMARTS) is 1. The molecule has 7 nitrogen and oxygen atoms in total. The number of para-hydroxylation sites is 2. The van der Waals surface area contributed by atoms with Crippen molar-refractivity contribution < 1.29 is 24.0 Å². The number of aromatic nitrogens is 1.